The monoisotopic (exact) mass is 587 g/mol. The third-order valence-corrected chi connectivity index (χ3v) is 9.30. The van der Waals surface area contributed by atoms with Crippen LogP contribution in [0, 0.1) is 0 Å². The quantitative estimate of drug-likeness (QED) is 0.206. The molecule has 11 heteroatoms. The van der Waals surface area contributed by atoms with Crippen LogP contribution in [0.15, 0.2) is 70.0 Å². The van der Waals surface area contributed by atoms with Crippen LogP contribution in [-0.2, 0) is 11.3 Å². The Morgan fingerprint density at radius 2 is 1.80 bits per heavy atom. The van der Waals surface area contributed by atoms with Crippen LogP contribution in [0.5, 0.6) is 0 Å². The molecule has 0 radical (unpaired) electrons. The van der Waals surface area contributed by atoms with Crippen LogP contribution >= 0.6 is 23.1 Å². The van der Waals surface area contributed by atoms with E-state index < -0.39 is 0 Å². The lowest BCUT2D eigenvalue weighted by Crippen LogP contribution is -2.37. The highest BCUT2D eigenvalue weighted by Crippen LogP contribution is 2.34. The van der Waals surface area contributed by atoms with Crippen LogP contribution in [0.1, 0.15) is 41.7 Å². The van der Waals surface area contributed by atoms with Crippen molar-refractivity contribution in [3.63, 3.8) is 0 Å². The molecule has 6 rings (SSSR count). The topological polar surface area (TPSA) is 96.7 Å². The van der Waals surface area contributed by atoms with Gasteiger partial charge in [0.1, 0.15) is 10.8 Å². The first kappa shape index (κ1) is 27.5. The van der Waals surface area contributed by atoms with Gasteiger partial charge < -0.3 is 20.3 Å². The Morgan fingerprint density at radius 1 is 1.05 bits per heavy atom. The zero-order valence-corrected chi connectivity index (χ0v) is 25.0. The molecule has 0 aliphatic heterocycles. The van der Waals surface area contributed by atoms with E-state index in [2.05, 4.69) is 32.7 Å². The molecule has 1 aliphatic rings. The van der Waals surface area contributed by atoms with Crippen molar-refractivity contribution >= 4 is 56.7 Å². The maximum atomic E-state index is 12.3. The molecule has 3 heterocycles. The zero-order chi connectivity index (χ0) is 28.3. The normalized spacial score (nSPS) is 17.1. The first-order valence-corrected chi connectivity index (χ1v) is 15.4. The Morgan fingerprint density at radius 3 is 2.61 bits per heavy atom. The predicted molar refractivity (Wildman–Crippen MR) is 165 cm³/mol. The summed E-state index contributed by atoms with van der Waals surface area (Å²) in [4.78, 5) is 30.6. The summed E-state index contributed by atoms with van der Waals surface area (Å²) in [6.45, 7) is 0.698. The van der Waals surface area contributed by atoms with Gasteiger partial charge in [0.05, 0.1) is 23.9 Å². The highest BCUT2D eigenvalue weighted by molar-refractivity contribution is 7.99. The van der Waals surface area contributed by atoms with E-state index in [4.69, 9.17) is 19.7 Å². The van der Waals surface area contributed by atoms with E-state index in [-0.39, 0.29) is 5.97 Å². The van der Waals surface area contributed by atoms with Gasteiger partial charge in [-0.1, -0.05) is 36.0 Å². The second kappa shape index (κ2) is 12.1. The van der Waals surface area contributed by atoms with Gasteiger partial charge in [0.2, 0.25) is 5.95 Å². The molecule has 0 bridgehead atoms. The fourth-order valence-corrected chi connectivity index (χ4v) is 7.15. The van der Waals surface area contributed by atoms with Gasteiger partial charge in [0.25, 0.3) is 0 Å². The van der Waals surface area contributed by atoms with Crippen molar-refractivity contribution in [3.8, 4) is 0 Å². The number of thiazole rings is 1. The largest absolute Gasteiger partial charge is 0.465 e. The van der Waals surface area contributed by atoms with Crippen molar-refractivity contribution in [1.82, 2.24) is 24.7 Å². The lowest BCUT2D eigenvalue weighted by Gasteiger charge is -2.30. The Balaban J connectivity index is 1.11. The molecular weight excluding hydrogens is 555 g/mol. The lowest BCUT2D eigenvalue weighted by molar-refractivity contribution is 0.0597. The van der Waals surface area contributed by atoms with Gasteiger partial charge in [0.15, 0.2) is 4.96 Å². The maximum absolute atomic E-state index is 12.3. The number of fused-ring (bicyclic) bond motifs is 2. The van der Waals surface area contributed by atoms with E-state index in [0.29, 0.717) is 30.1 Å². The SMILES string of the molecule is COC(=O)c1ccccc1Sc1nc2sccn2c1CNC1CCC(Nc2nc(N(C)C)c3ccccc3n2)CC1. The highest BCUT2D eigenvalue weighted by Gasteiger charge is 2.24. The summed E-state index contributed by atoms with van der Waals surface area (Å²) in [6, 6.07) is 16.4. The van der Waals surface area contributed by atoms with Crippen molar-refractivity contribution in [3.05, 3.63) is 71.4 Å². The number of hydrogen-bond acceptors (Lipinski definition) is 10. The number of esters is 1. The minimum absolute atomic E-state index is 0.337. The number of ether oxygens (including phenoxy) is 1. The number of anilines is 2. The summed E-state index contributed by atoms with van der Waals surface area (Å²) in [5.74, 6) is 1.28. The van der Waals surface area contributed by atoms with Gasteiger partial charge in [-0.15, -0.1) is 11.3 Å². The van der Waals surface area contributed by atoms with E-state index in [0.717, 1.165) is 63.0 Å². The molecule has 1 fully saturated rings. The summed E-state index contributed by atoms with van der Waals surface area (Å²) < 4.78 is 7.14. The number of carbonyl (C=O) groups is 1. The number of imidazole rings is 1. The molecule has 2 N–H and O–H groups in total. The van der Waals surface area contributed by atoms with E-state index >= 15 is 0 Å². The van der Waals surface area contributed by atoms with Gasteiger partial charge in [-0.3, -0.25) is 4.40 Å². The highest BCUT2D eigenvalue weighted by atomic mass is 32.2. The summed E-state index contributed by atoms with van der Waals surface area (Å²) in [5.41, 5.74) is 2.61. The minimum Gasteiger partial charge on any atom is -0.465 e. The van der Waals surface area contributed by atoms with Crippen LogP contribution < -0.4 is 15.5 Å². The number of rotatable bonds is 9. The first-order chi connectivity index (χ1) is 20.0. The van der Waals surface area contributed by atoms with Crippen molar-refractivity contribution in [1.29, 1.82) is 0 Å². The molecule has 1 saturated carbocycles. The standard InChI is InChI=1S/C30H33N7O2S2/c1-36(2)26-21-8-4-6-10-23(21)33-29(34-26)32-20-14-12-19(13-15-20)31-18-24-27(35-30-37(24)16-17-40-30)41-25-11-7-5-9-22(25)28(38)39-3/h4-11,16-17,19-20,31H,12-15,18H2,1-3H3,(H,32,33,34). The molecule has 0 saturated heterocycles. The average Bonchev–Trinajstić information content (AvgIpc) is 3.57. The number of nitrogens with one attached hydrogen (secondary N) is 2. The number of methoxy groups -OCH3 is 1. The van der Waals surface area contributed by atoms with E-state index in [9.17, 15) is 4.79 Å². The first-order valence-electron chi connectivity index (χ1n) is 13.7. The molecule has 212 valence electrons. The number of hydrogen-bond donors (Lipinski definition) is 2. The van der Waals surface area contributed by atoms with Gasteiger partial charge in [-0.25, -0.2) is 14.8 Å². The van der Waals surface area contributed by atoms with Crippen molar-refractivity contribution in [2.24, 2.45) is 0 Å². The molecular formula is C30H33N7O2S2. The summed E-state index contributed by atoms with van der Waals surface area (Å²) in [6.07, 6.45) is 6.27. The number of aromatic nitrogens is 4. The molecule has 2 aromatic carbocycles. The van der Waals surface area contributed by atoms with Crippen LogP contribution in [0.25, 0.3) is 15.9 Å². The van der Waals surface area contributed by atoms with Crippen LogP contribution in [0.3, 0.4) is 0 Å². The number of nitrogens with zero attached hydrogens (tertiary/aromatic N) is 5. The van der Waals surface area contributed by atoms with E-state index in [1.165, 1.54) is 18.9 Å². The van der Waals surface area contributed by atoms with Gasteiger partial charge in [-0.05, 0) is 49.9 Å². The third kappa shape index (κ3) is 5.88. The molecule has 1 aliphatic carbocycles. The summed E-state index contributed by atoms with van der Waals surface area (Å²) >= 11 is 3.12. The third-order valence-electron chi connectivity index (χ3n) is 7.45. The second-order valence-corrected chi connectivity index (χ2v) is 12.3. The van der Waals surface area contributed by atoms with E-state index in [1.807, 2.05) is 55.4 Å². The van der Waals surface area contributed by atoms with Crippen molar-refractivity contribution < 1.29 is 9.53 Å². The van der Waals surface area contributed by atoms with Gasteiger partial charge in [-0.2, -0.15) is 4.98 Å². The lowest BCUT2D eigenvalue weighted by atomic mass is 9.91. The molecule has 5 aromatic rings. The number of para-hydroxylation sites is 1. The molecule has 41 heavy (non-hydrogen) atoms. The van der Waals surface area contributed by atoms with Crippen LogP contribution in [0.4, 0.5) is 11.8 Å². The fourth-order valence-electron chi connectivity index (χ4n) is 5.32. The Bertz CT molecular complexity index is 1670. The Labute approximate surface area is 247 Å². The zero-order valence-electron chi connectivity index (χ0n) is 23.3. The molecule has 3 aromatic heterocycles. The smallest absolute Gasteiger partial charge is 0.339 e. The molecule has 0 amide bonds. The summed E-state index contributed by atoms with van der Waals surface area (Å²) in [5, 5.41) is 11.4. The minimum atomic E-state index is -0.341. The average molecular weight is 588 g/mol. The number of benzene rings is 2. The second-order valence-electron chi connectivity index (χ2n) is 10.4. The number of carbonyl (C=O) groups excluding carboxylic acids is 1. The Hall–Kier alpha value is -3.67. The van der Waals surface area contributed by atoms with Crippen LogP contribution in [0.2, 0.25) is 0 Å². The van der Waals surface area contributed by atoms with Crippen LogP contribution in [-0.4, -0.2) is 58.6 Å². The van der Waals surface area contributed by atoms with Gasteiger partial charge in [0, 0.05) is 54.6 Å². The molecule has 0 spiro atoms. The fraction of sp³-hybridized carbons (Fsp3) is 0.333. The van der Waals surface area contributed by atoms with E-state index in [1.54, 1.807) is 17.4 Å². The van der Waals surface area contributed by atoms with Crippen molar-refractivity contribution in [2.75, 3.05) is 31.4 Å². The van der Waals surface area contributed by atoms with Crippen molar-refractivity contribution in [2.45, 2.75) is 54.2 Å². The maximum Gasteiger partial charge on any atom is 0.339 e. The Kier molecular flexibility index (Phi) is 8.09. The molecule has 0 unspecified atom stereocenters. The molecule has 0 atom stereocenters. The predicted octanol–water partition coefficient (Wildman–Crippen LogP) is 5.86. The summed E-state index contributed by atoms with van der Waals surface area (Å²) in [7, 11) is 5.44. The molecule has 9 nitrogen and oxygen atoms in total. The van der Waals surface area contributed by atoms with Gasteiger partial charge >= 0.3 is 5.97 Å².